The standard InChI is InChI=1S/C17H13ClFN3O3S/c1-10-9-26-17(20-10)21-15(23)11-4-3-7-22(16(11)24)25-8-12-13(18)5-2-6-14(12)19/h2-7,9H,8H2,1H3,(H,20,21,23). The molecule has 1 amide bonds. The first kappa shape index (κ1) is 18.1. The summed E-state index contributed by atoms with van der Waals surface area (Å²) in [6.45, 7) is 1.53. The Morgan fingerprint density at radius 1 is 1.38 bits per heavy atom. The summed E-state index contributed by atoms with van der Waals surface area (Å²) in [5.74, 6) is -1.15. The van der Waals surface area contributed by atoms with Gasteiger partial charge in [0.2, 0.25) is 0 Å². The second-order valence-corrected chi connectivity index (χ2v) is 6.54. The van der Waals surface area contributed by atoms with Gasteiger partial charge in [0.25, 0.3) is 11.5 Å². The van der Waals surface area contributed by atoms with Crippen LogP contribution in [0.2, 0.25) is 5.02 Å². The van der Waals surface area contributed by atoms with E-state index in [1.165, 1.54) is 47.9 Å². The van der Waals surface area contributed by atoms with Gasteiger partial charge in [-0.2, -0.15) is 4.73 Å². The maximum absolute atomic E-state index is 13.8. The van der Waals surface area contributed by atoms with E-state index in [0.29, 0.717) is 5.13 Å². The van der Waals surface area contributed by atoms with Crippen molar-refractivity contribution in [3.8, 4) is 0 Å². The smallest absolute Gasteiger partial charge is 0.295 e. The number of carbonyl (C=O) groups is 1. The van der Waals surface area contributed by atoms with Crippen LogP contribution in [-0.2, 0) is 6.61 Å². The van der Waals surface area contributed by atoms with Gasteiger partial charge in [0.15, 0.2) is 5.13 Å². The van der Waals surface area contributed by atoms with E-state index in [-0.39, 0.29) is 22.8 Å². The number of hydrogen-bond acceptors (Lipinski definition) is 5. The van der Waals surface area contributed by atoms with Crippen LogP contribution in [-0.4, -0.2) is 15.6 Å². The second kappa shape index (κ2) is 7.67. The molecule has 0 bridgehead atoms. The van der Waals surface area contributed by atoms with Crippen LogP contribution in [0, 0.1) is 12.7 Å². The van der Waals surface area contributed by atoms with Gasteiger partial charge in [0.1, 0.15) is 18.0 Å². The lowest BCUT2D eigenvalue weighted by Crippen LogP contribution is -2.32. The molecule has 0 saturated heterocycles. The molecule has 0 radical (unpaired) electrons. The third-order valence-electron chi connectivity index (χ3n) is 3.41. The molecule has 0 aliphatic heterocycles. The molecule has 0 aliphatic rings. The SMILES string of the molecule is Cc1csc(NC(=O)c2cccn(OCc3c(F)cccc3Cl)c2=O)n1. The first-order valence-electron chi connectivity index (χ1n) is 7.47. The Morgan fingerprint density at radius 3 is 2.88 bits per heavy atom. The Hall–Kier alpha value is -2.71. The number of aryl methyl sites for hydroxylation is 1. The van der Waals surface area contributed by atoms with Gasteiger partial charge in [0, 0.05) is 17.1 Å². The number of aromatic nitrogens is 2. The zero-order valence-electron chi connectivity index (χ0n) is 13.5. The summed E-state index contributed by atoms with van der Waals surface area (Å²) in [5, 5.41) is 4.91. The van der Waals surface area contributed by atoms with Crippen molar-refractivity contribution in [3.63, 3.8) is 0 Å². The summed E-state index contributed by atoms with van der Waals surface area (Å²) >= 11 is 7.19. The molecule has 3 aromatic rings. The van der Waals surface area contributed by atoms with Crippen LogP contribution in [0.4, 0.5) is 9.52 Å². The molecule has 1 aromatic carbocycles. The van der Waals surface area contributed by atoms with Crippen LogP contribution >= 0.6 is 22.9 Å². The van der Waals surface area contributed by atoms with Crippen LogP contribution in [0.3, 0.4) is 0 Å². The van der Waals surface area contributed by atoms with Crippen LogP contribution in [0.15, 0.2) is 46.7 Å². The Kier molecular flexibility index (Phi) is 5.34. The van der Waals surface area contributed by atoms with Crippen molar-refractivity contribution in [2.45, 2.75) is 13.5 Å². The number of benzene rings is 1. The van der Waals surface area contributed by atoms with Crippen molar-refractivity contribution in [3.05, 3.63) is 79.9 Å². The summed E-state index contributed by atoms with van der Waals surface area (Å²) in [7, 11) is 0. The molecule has 0 unspecified atom stereocenters. The normalized spacial score (nSPS) is 10.6. The first-order valence-corrected chi connectivity index (χ1v) is 8.73. The molecule has 2 aromatic heterocycles. The fourth-order valence-electron chi connectivity index (χ4n) is 2.13. The number of anilines is 1. The molecular weight excluding hydrogens is 381 g/mol. The Morgan fingerprint density at radius 2 is 2.19 bits per heavy atom. The van der Waals surface area contributed by atoms with E-state index in [9.17, 15) is 14.0 Å². The fourth-order valence-corrected chi connectivity index (χ4v) is 3.03. The highest BCUT2D eigenvalue weighted by molar-refractivity contribution is 7.13. The van der Waals surface area contributed by atoms with E-state index in [4.69, 9.17) is 16.4 Å². The number of nitrogens with one attached hydrogen (secondary N) is 1. The van der Waals surface area contributed by atoms with E-state index in [2.05, 4.69) is 10.3 Å². The van der Waals surface area contributed by atoms with Crippen LogP contribution in [0.1, 0.15) is 21.6 Å². The summed E-state index contributed by atoms with van der Waals surface area (Å²) in [6.07, 6.45) is 1.33. The molecule has 0 saturated carbocycles. The van der Waals surface area contributed by atoms with Crippen molar-refractivity contribution < 1.29 is 14.0 Å². The molecule has 1 N–H and O–H groups in total. The lowest BCUT2D eigenvalue weighted by atomic mass is 10.2. The zero-order chi connectivity index (χ0) is 18.7. The first-order chi connectivity index (χ1) is 12.5. The number of hydrogen-bond donors (Lipinski definition) is 1. The fraction of sp³-hybridized carbons (Fsp3) is 0.118. The van der Waals surface area contributed by atoms with E-state index in [1.54, 1.807) is 12.3 Å². The van der Waals surface area contributed by atoms with Crippen molar-refractivity contribution in [1.82, 2.24) is 9.71 Å². The monoisotopic (exact) mass is 393 g/mol. The van der Waals surface area contributed by atoms with Gasteiger partial charge in [-0.3, -0.25) is 14.9 Å². The van der Waals surface area contributed by atoms with Gasteiger partial charge in [-0.1, -0.05) is 17.7 Å². The maximum atomic E-state index is 13.8. The minimum absolute atomic E-state index is 0.120. The van der Waals surface area contributed by atoms with Gasteiger partial charge < -0.3 is 4.84 Å². The van der Waals surface area contributed by atoms with Crippen molar-refractivity contribution >= 4 is 34.0 Å². The topological polar surface area (TPSA) is 73.2 Å². The Labute approximate surface area is 156 Å². The van der Waals surface area contributed by atoms with Crippen molar-refractivity contribution in [2.75, 3.05) is 5.32 Å². The molecule has 0 atom stereocenters. The highest BCUT2D eigenvalue weighted by Crippen LogP contribution is 2.19. The van der Waals surface area contributed by atoms with Crippen molar-refractivity contribution in [2.24, 2.45) is 0 Å². The molecular formula is C17H13ClFN3O3S. The van der Waals surface area contributed by atoms with E-state index in [1.807, 2.05) is 0 Å². The van der Waals surface area contributed by atoms with E-state index < -0.39 is 17.3 Å². The molecule has 9 heteroatoms. The molecule has 0 spiro atoms. The van der Waals surface area contributed by atoms with E-state index >= 15 is 0 Å². The van der Waals surface area contributed by atoms with Crippen LogP contribution in [0.5, 0.6) is 0 Å². The largest absolute Gasteiger partial charge is 0.406 e. The number of carbonyl (C=O) groups excluding carboxylic acids is 1. The molecule has 6 nitrogen and oxygen atoms in total. The summed E-state index contributed by atoms with van der Waals surface area (Å²) < 4.78 is 14.6. The van der Waals surface area contributed by atoms with E-state index in [0.717, 1.165) is 10.4 Å². The quantitative estimate of drug-likeness (QED) is 0.722. The lowest BCUT2D eigenvalue weighted by molar-refractivity contribution is 0.0847. The third kappa shape index (κ3) is 3.92. The number of rotatable bonds is 5. The van der Waals surface area contributed by atoms with Gasteiger partial charge in [-0.25, -0.2) is 9.37 Å². The highest BCUT2D eigenvalue weighted by atomic mass is 35.5. The second-order valence-electron chi connectivity index (χ2n) is 5.27. The minimum Gasteiger partial charge on any atom is -0.406 e. The number of nitrogens with zero attached hydrogens (tertiary/aromatic N) is 2. The Balaban J connectivity index is 1.79. The van der Waals surface area contributed by atoms with Gasteiger partial charge in [0.05, 0.1) is 10.7 Å². The molecule has 0 fully saturated rings. The third-order valence-corrected chi connectivity index (χ3v) is 4.64. The predicted molar refractivity (Wildman–Crippen MR) is 97.2 cm³/mol. The summed E-state index contributed by atoms with van der Waals surface area (Å²) in [5.41, 5.74) is 0.0841. The summed E-state index contributed by atoms with van der Waals surface area (Å²) in [4.78, 5) is 34.1. The highest BCUT2D eigenvalue weighted by Gasteiger charge is 2.15. The maximum Gasteiger partial charge on any atom is 0.295 e. The zero-order valence-corrected chi connectivity index (χ0v) is 15.1. The number of amides is 1. The molecule has 2 heterocycles. The predicted octanol–water partition coefficient (Wildman–Crippen LogP) is 3.29. The average Bonchev–Trinajstić information content (AvgIpc) is 3.00. The van der Waals surface area contributed by atoms with Gasteiger partial charge >= 0.3 is 0 Å². The lowest BCUT2D eigenvalue weighted by Gasteiger charge is -2.11. The Bertz CT molecular complexity index is 998. The number of halogens is 2. The van der Waals surface area contributed by atoms with Gasteiger partial charge in [-0.05, 0) is 31.2 Å². The molecule has 134 valence electrons. The number of pyridine rings is 1. The average molecular weight is 394 g/mol. The van der Waals surface area contributed by atoms with Gasteiger partial charge in [-0.15, -0.1) is 11.3 Å². The molecule has 3 rings (SSSR count). The van der Waals surface area contributed by atoms with Crippen molar-refractivity contribution in [1.29, 1.82) is 0 Å². The van der Waals surface area contributed by atoms with Crippen LogP contribution < -0.4 is 15.7 Å². The van der Waals surface area contributed by atoms with Crippen LogP contribution in [0.25, 0.3) is 0 Å². The molecule has 0 aliphatic carbocycles. The molecule has 26 heavy (non-hydrogen) atoms. The number of thiazole rings is 1. The summed E-state index contributed by atoms with van der Waals surface area (Å²) in [6, 6.07) is 7.08. The minimum atomic E-state index is -0.675.